The summed E-state index contributed by atoms with van der Waals surface area (Å²) in [6, 6.07) is 0. The van der Waals surface area contributed by atoms with E-state index < -0.39 is 22.3 Å². The molecule has 0 bridgehead atoms. The molecule has 0 saturated carbocycles. The molecule has 0 aromatic heterocycles. The molecular formula is C4H8N2O2SZn2. The van der Waals surface area contributed by atoms with Crippen LogP contribution >= 0.6 is 12.2 Å². The Morgan fingerprint density at radius 1 is 1.64 bits per heavy atom. The maximum absolute atomic E-state index is 10.1. The summed E-state index contributed by atoms with van der Waals surface area (Å²) < 4.78 is 0.0148. The van der Waals surface area contributed by atoms with E-state index in [0.717, 1.165) is 0 Å². The van der Waals surface area contributed by atoms with Gasteiger partial charge in [0, 0.05) is 5.17 Å². The predicted molar refractivity (Wildman–Crippen MR) is 36.0 cm³/mol. The van der Waals surface area contributed by atoms with Crippen LogP contribution in [0.4, 0.5) is 4.79 Å². The van der Waals surface area contributed by atoms with Gasteiger partial charge in [-0.2, -0.15) is 0 Å². The minimum atomic E-state index is -0.852. The first kappa shape index (κ1) is 14.0. The fourth-order valence-corrected chi connectivity index (χ4v) is 4.28. The van der Waals surface area contributed by atoms with Crippen molar-refractivity contribution in [2.45, 2.75) is 10.0 Å². The van der Waals surface area contributed by atoms with Crippen LogP contribution in [0.15, 0.2) is 0 Å². The molecule has 0 unspecified atom stereocenters. The molecule has 0 aliphatic rings. The summed E-state index contributed by atoms with van der Waals surface area (Å²) >= 11 is 4.22. The second kappa shape index (κ2) is 10.4. The number of primary amides is 1. The van der Waals surface area contributed by atoms with Crippen LogP contribution in [0.1, 0.15) is 0 Å². The Balaban J connectivity index is 0. The summed E-state index contributed by atoms with van der Waals surface area (Å²) in [4.78, 5) is 10.1. The molecule has 0 heterocycles. The van der Waals surface area contributed by atoms with Crippen LogP contribution in [-0.2, 0) is 35.4 Å². The van der Waals surface area contributed by atoms with Crippen LogP contribution < -0.4 is 16.6 Å². The summed E-state index contributed by atoms with van der Waals surface area (Å²) in [5, 5.41) is 10.7. The molecule has 7 heteroatoms. The third kappa shape index (κ3) is 37.9. The van der Waals surface area contributed by atoms with Crippen molar-refractivity contribution < 1.29 is 45.3 Å². The normalized spacial score (nSPS) is 7.09. The zero-order chi connectivity index (χ0) is 9.28. The van der Waals surface area contributed by atoms with E-state index >= 15 is 0 Å². The van der Waals surface area contributed by atoms with E-state index in [1.807, 2.05) is 0 Å². The van der Waals surface area contributed by atoms with Crippen molar-refractivity contribution in [3.8, 4) is 0 Å². The van der Waals surface area contributed by atoms with Crippen molar-refractivity contribution in [2.75, 3.05) is 0 Å². The average molecular weight is 279 g/mol. The van der Waals surface area contributed by atoms with Crippen molar-refractivity contribution in [3.63, 3.8) is 0 Å². The third-order valence-electron chi connectivity index (χ3n) is 0.673. The quantitative estimate of drug-likeness (QED) is 0.518. The van der Waals surface area contributed by atoms with Gasteiger partial charge in [-0.05, 0) is 0 Å². The summed E-state index contributed by atoms with van der Waals surface area (Å²) in [7, 11) is 0. The van der Waals surface area contributed by atoms with Gasteiger partial charge in [-0.25, -0.2) is 0 Å². The molecule has 0 aliphatic heterocycles. The van der Waals surface area contributed by atoms with Crippen LogP contribution in [0.25, 0.3) is 0 Å². The van der Waals surface area contributed by atoms with Gasteiger partial charge >= 0.3 is 60.5 Å². The van der Waals surface area contributed by atoms with Gasteiger partial charge in [0.05, 0.1) is 0 Å². The van der Waals surface area contributed by atoms with E-state index in [9.17, 15) is 4.79 Å². The number of carbonyl (C=O) groups excluding carboxylic acids is 1. The molecule has 0 spiro atoms. The van der Waals surface area contributed by atoms with E-state index in [1.54, 1.807) is 0 Å². The summed E-state index contributed by atoms with van der Waals surface area (Å²) in [5.74, 6) is 0. The molecule has 0 atom stereocenters. The number of rotatable bonds is 3. The summed E-state index contributed by atoms with van der Waals surface area (Å²) in [6.07, 6.45) is 0. The zero-order valence-electron chi connectivity index (χ0n) is 6.21. The Bertz CT molecular complexity index is 129. The first-order valence-electron chi connectivity index (χ1n) is 3.04. The molecule has 4 N–H and O–H groups in total. The first-order chi connectivity index (χ1) is 5.00. The minimum absolute atomic E-state index is 0.0148. The average Bonchev–Trinajstić information content (AvgIpc) is 1.82. The van der Waals surface area contributed by atoms with Gasteiger partial charge in [-0.15, -0.1) is 0 Å². The molecule has 4 nitrogen and oxygen atoms in total. The van der Waals surface area contributed by atoms with Gasteiger partial charge in [0.2, 0.25) is 0 Å². The van der Waals surface area contributed by atoms with Crippen molar-refractivity contribution in [2.24, 2.45) is 11.5 Å². The molecule has 0 rings (SSSR count). The van der Waals surface area contributed by atoms with Crippen molar-refractivity contribution in [1.29, 1.82) is 0 Å². The number of nitrogens with two attached hydrogens (primary N) is 2. The Labute approximate surface area is 88.4 Å². The number of carbonyl (C=O) groups is 1. The number of amides is 1. The molecule has 0 aromatic rings. The van der Waals surface area contributed by atoms with Crippen molar-refractivity contribution in [1.82, 2.24) is 0 Å². The van der Waals surface area contributed by atoms with Crippen molar-refractivity contribution in [3.05, 3.63) is 0 Å². The van der Waals surface area contributed by atoms with Crippen LogP contribution in [0.2, 0.25) is 10.0 Å². The van der Waals surface area contributed by atoms with Gasteiger partial charge in [-0.3, -0.25) is 0 Å². The standard InChI is InChI=1S/C2H4.CH3NOS.CH2NO.2Zn/c1-2;2-1(3)4;2-1-3;;/h1-2H2;(H3,2,3,4);(H2,2,3);;/q;;;;+1/p-1. The number of hydrogen-bond donors (Lipinski definition) is 2. The zero-order valence-corrected chi connectivity index (χ0v) is 13.0. The molecule has 0 aromatic carbocycles. The molecule has 11 heavy (non-hydrogen) atoms. The van der Waals surface area contributed by atoms with Gasteiger partial charge in [0.25, 0.3) is 0 Å². The van der Waals surface area contributed by atoms with Gasteiger partial charge in [0.1, 0.15) is 0 Å². The SMILES string of the molecule is NC([O-])=S.N[C](=O)[Zn][CH2][CH2][Zn+]. The Kier molecular flexibility index (Phi) is 13.2. The molecule has 0 saturated heterocycles. The van der Waals surface area contributed by atoms with Gasteiger partial charge in [-0.1, -0.05) is 12.2 Å². The first-order valence-corrected chi connectivity index (χ1v) is 9.13. The molecule has 0 fully saturated rings. The summed E-state index contributed by atoms with van der Waals surface area (Å²) in [6.45, 7) is 0. The summed E-state index contributed by atoms with van der Waals surface area (Å²) in [5.41, 5.74) is 9.22. The number of thiocarbonyl (C=S) groups is 1. The van der Waals surface area contributed by atoms with E-state index in [4.69, 9.17) is 10.8 Å². The second-order valence-electron chi connectivity index (χ2n) is 1.74. The predicted octanol–water partition coefficient (Wildman–Crippen LogP) is -0.879. The second-order valence-corrected chi connectivity index (χ2v) is 7.62. The van der Waals surface area contributed by atoms with E-state index in [-0.39, 0.29) is 4.50 Å². The van der Waals surface area contributed by atoms with Crippen LogP contribution in [0, 0.1) is 0 Å². The van der Waals surface area contributed by atoms with E-state index in [0.29, 0.717) is 0 Å². The maximum atomic E-state index is 10.1. The molecule has 0 radical (unpaired) electrons. The van der Waals surface area contributed by atoms with Crippen molar-refractivity contribution >= 4 is 21.9 Å². The van der Waals surface area contributed by atoms with Crippen LogP contribution in [-0.4, -0.2) is 9.68 Å². The molecule has 0 aliphatic carbocycles. The fourth-order valence-electron chi connectivity index (χ4n) is 0.299. The van der Waals surface area contributed by atoms with Crippen LogP contribution in [0.3, 0.4) is 0 Å². The topological polar surface area (TPSA) is 92.2 Å². The van der Waals surface area contributed by atoms with E-state index in [2.05, 4.69) is 18.0 Å². The Hall–Kier alpha value is 0.407. The van der Waals surface area contributed by atoms with E-state index in [1.165, 1.54) is 28.3 Å². The Morgan fingerprint density at radius 2 is 2.00 bits per heavy atom. The third-order valence-corrected chi connectivity index (χ3v) is 8.95. The fraction of sp³-hybridized carbons (Fsp3) is 0.500. The molecular weight excluding hydrogens is 271 g/mol. The van der Waals surface area contributed by atoms with Gasteiger partial charge < -0.3 is 10.8 Å². The molecule has 56 valence electrons. The van der Waals surface area contributed by atoms with Crippen LogP contribution in [0.5, 0.6) is 0 Å². The monoisotopic (exact) mass is 276 g/mol. The molecule has 1 amide bonds. The van der Waals surface area contributed by atoms with Gasteiger partial charge in [0.15, 0.2) is 0 Å². The Morgan fingerprint density at radius 3 is 2.09 bits per heavy atom. The number of hydrogen-bond acceptors (Lipinski definition) is 3.